The molecule has 0 saturated carbocycles. The highest BCUT2D eigenvalue weighted by Gasteiger charge is 2.31. The molecule has 2 atom stereocenters. The van der Waals surface area contributed by atoms with Crippen molar-refractivity contribution in [2.75, 3.05) is 19.6 Å². The zero-order valence-electron chi connectivity index (χ0n) is 12.5. The Balaban J connectivity index is 0.00000180. The van der Waals surface area contributed by atoms with E-state index in [2.05, 4.69) is 31.0 Å². The summed E-state index contributed by atoms with van der Waals surface area (Å²) >= 11 is 0. The van der Waals surface area contributed by atoms with Crippen LogP contribution in [0.1, 0.15) is 46.5 Å². The first-order chi connectivity index (χ1) is 8.58. The Bertz CT molecular complexity index is 288. The van der Waals surface area contributed by atoms with Gasteiger partial charge in [-0.3, -0.25) is 4.79 Å². The summed E-state index contributed by atoms with van der Waals surface area (Å²) in [5, 5.41) is 3.42. The number of nitrogens with zero attached hydrogens (tertiary/aromatic N) is 1. The first-order valence-electron chi connectivity index (χ1n) is 7.60. The number of amides is 1. The van der Waals surface area contributed by atoms with Gasteiger partial charge in [0.15, 0.2) is 0 Å². The highest BCUT2D eigenvalue weighted by molar-refractivity contribution is 5.85. The molecule has 1 N–H and O–H groups in total. The first kappa shape index (κ1) is 16.8. The summed E-state index contributed by atoms with van der Waals surface area (Å²) in [6.07, 6.45) is 4.43. The Morgan fingerprint density at radius 1 is 1.21 bits per heavy atom. The van der Waals surface area contributed by atoms with Crippen LogP contribution in [0.3, 0.4) is 0 Å². The van der Waals surface area contributed by atoms with Crippen molar-refractivity contribution in [1.82, 2.24) is 10.2 Å². The highest BCUT2D eigenvalue weighted by Crippen LogP contribution is 2.27. The Labute approximate surface area is 123 Å². The van der Waals surface area contributed by atoms with Crippen LogP contribution in [0.5, 0.6) is 0 Å². The second kappa shape index (κ2) is 7.49. The van der Waals surface area contributed by atoms with Crippen LogP contribution in [0.4, 0.5) is 0 Å². The molecular formula is C15H29ClN2O. The lowest BCUT2D eigenvalue weighted by Crippen LogP contribution is -2.47. The lowest BCUT2D eigenvalue weighted by atomic mass is 9.85. The third-order valence-corrected chi connectivity index (χ3v) is 4.77. The maximum Gasteiger partial charge on any atom is 0.225 e. The van der Waals surface area contributed by atoms with Gasteiger partial charge in [0.2, 0.25) is 5.91 Å². The van der Waals surface area contributed by atoms with Gasteiger partial charge < -0.3 is 10.2 Å². The fourth-order valence-corrected chi connectivity index (χ4v) is 3.40. The minimum absolute atomic E-state index is 0. The molecule has 0 spiro atoms. The van der Waals surface area contributed by atoms with Gasteiger partial charge in [0.1, 0.15) is 0 Å². The van der Waals surface area contributed by atoms with Crippen molar-refractivity contribution in [1.29, 1.82) is 0 Å². The zero-order chi connectivity index (χ0) is 13.1. The maximum absolute atomic E-state index is 12.5. The highest BCUT2D eigenvalue weighted by atomic mass is 35.5. The van der Waals surface area contributed by atoms with Crippen LogP contribution in [0.15, 0.2) is 0 Å². The van der Waals surface area contributed by atoms with Crippen LogP contribution in [-0.2, 0) is 4.79 Å². The summed E-state index contributed by atoms with van der Waals surface area (Å²) < 4.78 is 0. The van der Waals surface area contributed by atoms with Gasteiger partial charge in [0, 0.05) is 25.0 Å². The van der Waals surface area contributed by atoms with Crippen molar-refractivity contribution in [3.8, 4) is 0 Å². The summed E-state index contributed by atoms with van der Waals surface area (Å²) in [5.74, 6) is 2.28. The van der Waals surface area contributed by atoms with Crippen LogP contribution in [0, 0.1) is 17.8 Å². The van der Waals surface area contributed by atoms with Crippen LogP contribution < -0.4 is 5.32 Å². The summed E-state index contributed by atoms with van der Waals surface area (Å²) in [6.45, 7) is 9.76. The number of hydrogen-bond acceptors (Lipinski definition) is 2. The Morgan fingerprint density at radius 3 is 2.37 bits per heavy atom. The Morgan fingerprint density at radius 2 is 1.84 bits per heavy atom. The van der Waals surface area contributed by atoms with Gasteiger partial charge in [-0.25, -0.2) is 0 Å². The van der Waals surface area contributed by atoms with Crippen molar-refractivity contribution < 1.29 is 4.79 Å². The number of piperidine rings is 2. The van der Waals surface area contributed by atoms with E-state index in [4.69, 9.17) is 0 Å². The van der Waals surface area contributed by atoms with E-state index in [1.165, 1.54) is 12.8 Å². The molecule has 2 fully saturated rings. The normalized spacial score (nSPS) is 29.2. The third-order valence-electron chi connectivity index (χ3n) is 4.77. The van der Waals surface area contributed by atoms with Crippen LogP contribution in [0.2, 0.25) is 0 Å². The average molecular weight is 289 g/mol. The molecule has 0 aliphatic carbocycles. The molecule has 0 bridgehead atoms. The van der Waals surface area contributed by atoms with Gasteiger partial charge in [0.05, 0.1) is 0 Å². The molecule has 2 aliphatic heterocycles. The minimum Gasteiger partial charge on any atom is -0.342 e. The van der Waals surface area contributed by atoms with Crippen molar-refractivity contribution in [3.63, 3.8) is 0 Å². The van der Waals surface area contributed by atoms with Crippen LogP contribution in [-0.4, -0.2) is 36.5 Å². The predicted molar refractivity (Wildman–Crippen MR) is 81.6 cm³/mol. The fourth-order valence-electron chi connectivity index (χ4n) is 3.40. The number of carbonyl (C=O) groups is 1. The topological polar surface area (TPSA) is 32.3 Å². The van der Waals surface area contributed by atoms with Gasteiger partial charge in [-0.05, 0) is 51.0 Å². The van der Waals surface area contributed by atoms with E-state index in [-0.39, 0.29) is 18.3 Å². The molecule has 2 heterocycles. The van der Waals surface area contributed by atoms with Gasteiger partial charge >= 0.3 is 0 Å². The van der Waals surface area contributed by atoms with E-state index in [9.17, 15) is 4.79 Å². The van der Waals surface area contributed by atoms with Crippen molar-refractivity contribution in [2.24, 2.45) is 17.8 Å². The molecule has 4 heteroatoms. The molecule has 112 valence electrons. The number of nitrogens with one attached hydrogen (secondary N) is 1. The van der Waals surface area contributed by atoms with Crippen molar-refractivity contribution in [2.45, 2.75) is 52.5 Å². The second-order valence-corrected chi connectivity index (χ2v) is 6.48. The van der Waals surface area contributed by atoms with Crippen molar-refractivity contribution in [3.05, 3.63) is 0 Å². The molecule has 0 radical (unpaired) electrons. The number of rotatable bonds is 2. The Hall–Kier alpha value is -0.280. The molecular weight excluding hydrogens is 260 g/mol. The predicted octanol–water partition coefficient (Wildman–Crippen LogP) is 2.69. The first-order valence-corrected chi connectivity index (χ1v) is 7.60. The molecule has 3 nitrogen and oxygen atoms in total. The van der Waals surface area contributed by atoms with Crippen LogP contribution >= 0.6 is 12.4 Å². The summed E-state index contributed by atoms with van der Waals surface area (Å²) in [7, 11) is 0. The summed E-state index contributed by atoms with van der Waals surface area (Å²) in [5.41, 5.74) is 0. The third kappa shape index (κ3) is 4.35. The monoisotopic (exact) mass is 288 g/mol. The van der Waals surface area contributed by atoms with E-state index in [1.54, 1.807) is 0 Å². The molecule has 0 aromatic heterocycles. The molecule has 2 aliphatic rings. The van der Waals surface area contributed by atoms with Crippen LogP contribution in [0.25, 0.3) is 0 Å². The molecule has 1 amide bonds. The molecule has 0 aromatic carbocycles. The summed E-state index contributed by atoms with van der Waals surface area (Å²) in [6, 6.07) is 0.501. The van der Waals surface area contributed by atoms with E-state index in [0.717, 1.165) is 44.3 Å². The Kier molecular flexibility index (Phi) is 6.61. The maximum atomic E-state index is 12.5. The van der Waals surface area contributed by atoms with E-state index in [0.29, 0.717) is 11.9 Å². The lowest BCUT2D eigenvalue weighted by Gasteiger charge is -2.37. The number of likely N-dealkylation sites (tertiary alicyclic amines) is 1. The summed E-state index contributed by atoms with van der Waals surface area (Å²) in [4.78, 5) is 14.6. The van der Waals surface area contributed by atoms with E-state index in [1.807, 2.05) is 0 Å². The van der Waals surface area contributed by atoms with Gasteiger partial charge in [-0.15, -0.1) is 12.4 Å². The molecule has 0 aromatic rings. The molecule has 2 rings (SSSR count). The lowest BCUT2D eigenvalue weighted by molar-refractivity contribution is -0.138. The largest absolute Gasteiger partial charge is 0.342 e. The minimum atomic E-state index is 0. The zero-order valence-corrected chi connectivity index (χ0v) is 13.3. The average Bonchev–Trinajstić information content (AvgIpc) is 2.38. The standard InChI is InChI=1S/C15H28N2O.ClH/c1-11(2)13-5-8-17(9-6-13)15(18)14-4-7-16-12(3)10-14;/h11-14,16H,4-10H2,1-3H3;1H/t12-,14-;/m0./s1. The SMILES string of the molecule is CC(C)C1CCN(C(=O)[C@H]2CCN[C@@H](C)C2)CC1.Cl. The molecule has 2 saturated heterocycles. The van der Waals surface area contributed by atoms with E-state index < -0.39 is 0 Å². The smallest absolute Gasteiger partial charge is 0.225 e. The quantitative estimate of drug-likeness (QED) is 0.847. The fraction of sp³-hybridized carbons (Fsp3) is 0.933. The van der Waals surface area contributed by atoms with Gasteiger partial charge in [0.25, 0.3) is 0 Å². The number of halogens is 1. The van der Waals surface area contributed by atoms with Gasteiger partial charge in [-0.2, -0.15) is 0 Å². The molecule has 19 heavy (non-hydrogen) atoms. The van der Waals surface area contributed by atoms with Crippen molar-refractivity contribution >= 4 is 18.3 Å². The van der Waals surface area contributed by atoms with E-state index >= 15 is 0 Å². The second-order valence-electron chi connectivity index (χ2n) is 6.48. The van der Waals surface area contributed by atoms with Gasteiger partial charge in [-0.1, -0.05) is 13.8 Å². The number of hydrogen-bond donors (Lipinski definition) is 1. The number of carbonyl (C=O) groups excluding carboxylic acids is 1. The molecule has 0 unspecified atom stereocenters.